The van der Waals surface area contributed by atoms with E-state index in [0.717, 1.165) is 30.6 Å². The van der Waals surface area contributed by atoms with Gasteiger partial charge in [-0.2, -0.15) is 0 Å². The van der Waals surface area contributed by atoms with Gasteiger partial charge >= 0.3 is 0 Å². The van der Waals surface area contributed by atoms with Gasteiger partial charge in [0, 0.05) is 18.7 Å². The molecule has 0 aliphatic heterocycles. The lowest BCUT2D eigenvalue weighted by Gasteiger charge is -2.15. The Morgan fingerprint density at radius 3 is 2.67 bits per heavy atom. The van der Waals surface area contributed by atoms with E-state index in [1.165, 1.54) is 0 Å². The maximum atomic E-state index is 11.9. The van der Waals surface area contributed by atoms with Crippen LogP contribution in [0.3, 0.4) is 0 Å². The Labute approximate surface area is 108 Å². The van der Waals surface area contributed by atoms with Gasteiger partial charge in [0.15, 0.2) is 5.76 Å². The second-order valence-electron chi connectivity index (χ2n) is 4.75. The highest BCUT2D eigenvalue weighted by molar-refractivity contribution is 5.92. The summed E-state index contributed by atoms with van der Waals surface area (Å²) in [5.74, 6) is 1.31. The van der Waals surface area contributed by atoms with Gasteiger partial charge in [-0.1, -0.05) is 13.3 Å². The Morgan fingerprint density at radius 2 is 2.17 bits per heavy atom. The first-order valence-electron chi connectivity index (χ1n) is 6.54. The van der Waals surface area contributed by atoms with Crippen LogP contribution in [0.5, 0.6) is 0 Å². The van der Waals surface area contributed by atoms with Crippen molar-refractivity contribution in [2.45, 2.75) is 40.0 Å². The van der Waals surface area contributed by atoms with Crippen molar-refractivity contribution in [1.82, 2.24) is 5.32 Å². The van der Waals surface area contributed by atoms with E-state index in [1.54, 1.807) is 0 Å². The first-order valence-corrected chi connectivity index (χ1v) is 6.54. The molecule has 18 heavy (non-hydrogen) atoms. The highest BCUT2D eigenvalue weighted by Gasteiger charge is 2.15. The molecule has 1 atom stereocenters. The fraction of sp³-hybridized carbons (Fsp3) is 0.643. The van der Waals surface area contributed by atoms with Crippen LogP contribution >= 0.6 is 0 Å². The highest BCUT2D eigenvalue weighted by Crippen LogP contribution is 2.14. The van der Waals surface area contributed by atoms with Gasteiger partial charge in [0.1, 0.15) is 5.76 Å². The summed E-state index contributed by atoms with van der Waals surface area (Å²) in [4.78, 5) is 11.9. The molecule has 0 saturated heterocycles. The fourth-order valence-electron chi connectivity index (χ4n) is 2.12. The monoisotopic (exact) mass is 253 g/mol. The summed E-state index contributed by atoms with van der Waals surface area (Å²) < 4.78 is 5.37. The zero-order valence-corrected chi connectivity index (χ0v) is 11.5. The van der Waals surface area contributed by atoms with Gasteiger partial charge in [0.05, 0.1) is 0 Å². The zero-order chi connectivity index (χ0) is 13.5. The summed E-state index contributed by atoms with van der Waals surface area (Å²) >= 11 is 0. The van der Waals surface area contributed by atoms with Crippen molar-refractivity contribution in [2.75, 3.05) is 13.2 Å². The minimum atomic E-state index is -0.167. The summed E-state index contributed by atoms with van der Waals surface area (Å²) in [5, 5.41) is 11.8. The number of carbonyl (C=O) groups is 1. The van der Waals surface area contributed by atoms with Crippen molar-refractivity contribution >= 4 is 5.91 Å². The lowest BCUT2D eigenvalue weighted by molar-refractivity contribution is 0.0913. The van der Waals surface area contributed by atoms with Crippen LogP contribution in [0.25, 0.3) is 0 Å². The van der Waals surface area contributed by atoms with Crippen molar-refractivity contribution in [2.24, 2.45) is 5.92 Å². The molecule has 0 bridgehead atoms. The number of nitrogens with one attached hydrogen (secondary N) is 1. The van der Waals surface area contributed by atoms with Crippen LogP contribution in [0.15, 0.2) is 10.5 Å². The summed E-state index contributed by atoms with van der Waals surface area (Å²) in [6.07, 6.45) is 2.79. The molecule has 0 aromatic carbocycles. The SMILES string of the molecule is CCCC(CCO)CNC(=O)c1oc(C)cc1C. The predicted molar refractivity (Wildman–Crippen MR) is 70.6 cm³/mol. The first kappa shape index (κ1) is 14.8. The average Bonchev–Trinajstić information content (AvgIpc) is 2.65. The second kappa shape index (κ2) is 7.21. The van der Waals surface area contributed by atoms with E-state index in [9.17, 15) is 4.79 Å². The van der Waals surface area contributed by atoms with Gasteiger partial charge in [-0.05, 0) is 38.7 Å². The molecule has 1 rings (SSSR count). The van der Waals surface area contributed by atoms with Gasteiger partial charge in [-0.15, -0.1) is 0 Å². The van der Waals surface area contributed by atoms with E-state index < -0.39 is 0 Å². The van der Waals surface area contributed by atoms with E-state index in [-0.39, 0.29) is 12.5 Å². The summed E-state index contributed by atoms with van der Waals surface area (Å²) in [6, 6.07) is 1.85. The Hall–Kier alpha value is -1.29. The molecule has 0 spiro atoms. The number of carbonyl (C=O) groups excluding carboxylic acids is 1. The molecule has 1 heterocycles. The smallest absolute Gasteiger partial charge is 0.287 e. The molecule has 0 aliphatic rings. The molecule has 4 heteroatoms. The molecule has 1 aromatic rings. The quantitative estimate of drug-likeness (QED) is 0.784. The number of amides is 1. The zero-order valence-electron chi connectivity index (χ0n) is 11.5. The maximum Gasteiger partial charge on any atom is 0.287 e. The predicted octanol–water partition coefficient (Wildman–Crippen LogP) is 2.42. The topological polar surface area (TPSA) is 62.5 Å². The van der Waals surface area contributed by atoms with Crippen LogP contribution in [-0.2, 0) is 0 Å². The van der Waals surface area contributed by atoms with Crippen molar-refractivity contribution in [3.63, 3.8) is 0 Å². The minimum absolute atomic E-state index is 0.166. The van der Waals surface area contributed by atoms with Crippen LogP contribution in [0.2, 0.25) is 0 Å². The van der Waals surface area contributed by atoms with Gasteiger partial charge in [-0.25, -0.2) is 0 Å². The Morgan fingerprint density at radius 1 is 1.44 bits per heavy atom. The molecule has 0 fully saturated rings. The molecular formula is C14H23NO3. The van der Waals surface area contributed by atoms with Crippen LogP contribution < -0.4 is 5.32 Å². The van der Waals surface area contributed by atoms with E-state index in [2.05, 4.69) is 12.2 Å². The molecule has 0 radical (unpaired) electrons. The number of rotatable bonds is 7. The third-order valence-electron chi connectivity index (χ3n) is 3.03. The molecule has 0 aliphatic carbocycles. The number of hydrogen-bond donors (Lipinski definition) is 2. The number of hydrogen-bond acceptors (Lipinski definition) is 3. The highest BCUT2D eigenvalue weighted by atomic mass is 16.3. The van der Waals surface area contributed by atoms with Crippen molar-refractivity contribution < 1.29 is 14.3 Å². The molecule has 1 aromatic heterocycles. The van der Waals surface area contributed by atoms with Gasteiger partial charge < -0.3 is 14.8 Å². The molecule has 1 unspecified atom stereocenters. The van der Waals surface area contributed by atoms with Gasteiger partial charge in [-0.3, -0.25) is 4.79 Å². The summed E-state index contributed by atoms with van der Waals surface area (Å²) in [6.45, 7) is 6.55. The number of aliphatic hydroxyl groups is 1. The van der Waals surface area contributed by atoms with Crippen molar-refractivity contribution in [3.8, 4) is 0 Å². The van der Waals surface area contributed by atoms with Crippen LogP contribution in [0, 0.1) is 19.8 Å². The molecule has 0 saturated carbocycles. The normalized spacial score (nSPS) is 12.4. The van der Waals surface area contributed by atoms with E-state index in [0.29, 0.717) is 18.2 Å². The number of aliphatic hydroxyl groups excluding tert-OH is 1. The Bertz CT molecular complexity index is 378. The van der Waals surface area contributed by atoms with Crippen LogP contribution in [-0.4, -0.2) is 24.2 Å². The fourth-order valence-corrected chi connectivity index (χ4v) is 2.12. The molecular weight excluding hydrogens is 230 g/mol. The lowest BCUT2D eigenvalue weighted by Crippen LogP contribution is -2.29. The van der Waals surface area contributed by atoms with E-state index in [4.69, 9.17) is 9.52 Å². The van der Waals surface area contributed by atoms with Crippen LogP contribution in [0.1, 0.15) is 48.1 Å². The Kier molecular flexibility index (Phi) is 5.92. The summed E-state index contributed by atoms with van der Waals surface area (Å²) in [7, 11) is 0. The standard InChI is InChI=1S/C14H23NO3/c1-4-5-12(6-7-16)9-15-14(17)13-10(2)8-11(3)18-13/h8,12,16H,4-7,9H2,1-3H3,(H,15,17). The van der Waals surface area contributed by atoms with Gasteiger partial charge in [0.25, 0.3) is 5.91 Å². The lowest BCUT2D eigenvalue weighted by atomic mass is 10.0. The van der Waals surface area contributed by atoms with E-state index >= 15 is 0 Å². The molecule has 2 N–H and O–H groups in total. The minimum Gasteiger partial charge on any atom is -0.456 e. The number of furan rings is 1. The third kappa shape index (κ3) is 4.18. The first-order chi connectivity index (χ1) is 8.58. The number of aryl methyl sites for hydroxylation is 2. The van der Waals surface area contributed by atoms with Crippen molar-refractivity contribution in [3.05, 3.63) is 23.2 Å². The average molecular weight is 253 g/mol. The van der Waals surface area contributed by atoms with E-state index in [1.807, 2.05) is 19.9 Å². The molecule has 1 amide bonds. The largest absolute Gasteiger partial charge is 0.456 e. The second-order valence-corrected chi connectivity index (χ2v) is 4.75. The van der Waals surface area contributed by atoms with Crippen molar-refractivity contribution in [1.29, 1.82) is 0 Å². The summed E-state index contributed by atoms with van der Waals surface area (Å²) in [5.41, 5.74) is 0.860. The molecule has 4 nitrogen and oxygen atoms in total. The molecule has 102 valence electrons. The van der Waals surface area contributed by atoms with Gasteiger partial charge in [0.2, 0.25) is 0 Å². The third-order valence-corrected chi connectivity index (χ3v) is 3.03. The van der Waals surface area contributed by atoms with Crippen LogP contribution in [0.4, 0.5) is 0 Å². The maximum absolute atomic E-state index is 11.9. The Balaban J connectivity index is 2.51.